The fraction of sp³-hybridized carbons (Fsp3) is 0.520. The number of anilines is 2. The molecule has 2 aromatic heterocycles. The van der Waals surface area contributed by atoms with Crippen molar-refractivity contribution in [2.24, 2.45) is 0 Å². The Morgan fingerprint density at radius 3 is 2.33 bits per heavy atom. The summed E-state index contributed by atoms with van der Waals surface area (Å²) in [5.41, 5.74) is 3.09. The Bertz CT molecular complexity index is 988. The van der Waals surface area contributed by atoms with Gasteiger partial charge in [0, 0.05) is 38.4 Å². The maximum Gasteiger partial charge on any atom is 0.379 e. The SMILES string of the molecule is CC=O.CCNC(=O)c1ccc2c(n1)N(C)C1CCN2C1.Cc1nc(C(C)C)ccc1F.FC(F)F. The van der Waals surface area contributed by atoms with Crippen LogP contribution in [0.2, 0.25) is 0 Å². The van der Waals surface area contributed by atoms with Crippen molar-refractivity contribution in [1.82, 2.24) is 15.3 Å². The van der Waals surface area contributed by atoms with E-state index in [4.69, 9.17) is 4.79 Å². The molecule has 2 bridgehead atoms. The van der Waals surface area contributed by atoms with E-state index < -0.39 is 6.68 Å². The van der Waals surface area contributed by atoms with Crippen LogP contribution in [0.3, 0.4) is 0 Å². The number of halogens is 4. The molecule has 0 spiro atoms. The topological polar surface area (TPSA) is 78.4 Å². The van der Waals surface area contributed by atoms with Crippen molar-refractivity contribution < 1.29 is 27.2 Å². The van der Waals surface area contributed by atoms with Gasteiger partial charge >= 0.3 is 6.68 Å². The quantitative estimate of drug-likeness (QED) is 0.465. The summed E-state index contributed by atoms with van der Waals surface area (Å²) in [5, 5.41) is 2.79. The lowest BCUT2D eigenvalue weighted by molar-refractivity contribution is -0.106. The van der Waals surface area contributed by atoms with Crippen molar-refractivity contribution in [1.29, 1.82) is 0 Å². The van der Waals surface area contributed by atoms with Crippen molar-refractivity contribution >= 4 is 23.7 Å². The standard InChI is InChI=1S/C13H18N4O.C9H12FN.C2H4O.CHF3/c1-3-14-13(18)10-4-5-11-12(15-10)16(2)9-6-7-17(11)8-9;1-6(2)9-5-4-8(10)7(3)11-9;1-2-3;2-1(3)4/h4-5,9H,3,6-8H2,1-2H3,(H,14,18);4-6H,1-3H3;2H,1H3;1H. The molecular formula is C25H35F4N5O2. The van der Waals surface area contributed by atoms with Crippen molar-refractivity contribution in [2.75, 3.05) is 36.5 Å². The zero-order chi connectivity index (χ0) is 27.4. The third kappa shape index (κ3) is 9.09. The van der Waals surface area contributed by atoms with Gasteiger partial charge in [0.15, 0.2) is 5.82 Å². The van der Waals surface area contributed by atoms with Gasteiger partial charge in [0.05, 0.1) is 11.4 Å². The van der Waals surface area contributed by atoms with Crippen molar-refractivity contribution in [2.45, 2.75) is 59.7 Å². The highest BCUT2D eigenvalue weighted by atomic mass is 19.4. The number of aromatic nitrogens is 2. The molecule has 1 saturated heterocycles. The highest BCUT2D eigenvalue weighted by molar-refractivity contribution is 5.93. The third-order valence-electron chi connectivity index (χ3n) is 5.44. The molecule has 0 aliphatic carbocycles. The van der Waals surface area contributed by atoms with E-state index in [1.807, 2.05) is 32.9 Å². The lowest BCUT2D eigenvalue weighted by Gasteiger charge is -2.34. The number of aldehydes is 1. The van der Waals surface area contributed by atoms with Crippen LogP contribution in [0.25, 0.3) is 0 Å². The number of hydrogen-bond donors (Lipinski definition) is 1. The number of pyridine rings is 2. The van der Waals surface area contributed by atoms with Gasteiger partial charge in [-0.05, 0) is 57.4 Å². The molecule has 1 atom stereocenters. The number of likely N-dealkylation sites (N-methyl/N-ethyl adjacent to an activating group) is 1. The first kappa shape index (κ1) is 30.8. The van der Waals surface area contributed by atoms with E-state index in [-0.39, 0.29) is 11.7 Å². The van der Waals surface area contributed by atoms with E-state index in [2.05, 4.69) is 32.1 Å². The number of hydrogen-bond acceptors (Lipinski definition) is 6. The number of carbonyl (C=O) groups is 2. The van der Waals surface area contributed by atoms with Gasteiger partial charge in [-0.15, -0.1) is 0 Å². The minimum Gasteiger partial charge on any atom is -0.366 e. The van der Waals surface area contributed by atoms with Gasteiger partial charge in [-0.3, -0.25) is 9.78 Å². The lowest BCUT2D eigenvalue weighted by Crippen LogP contribution is -2.40. The number of alkyl halides is 3. The van der Waals surface area contributed by atoms with E-state index in [0.717, 1.165) is 36.6 Å². The number of nitrogens with one attached hydrogen (secondary N) is 1. The molecule has 0 saturated carbocycles. The first-order valence-corrected chi connectivity index (χ1v) is 11.7. The van der Waals surface area contributed by atoms with E-state index in [1.54, 1.807) is 13.0 Å². The molecule has 200 valence electrons. The van der Waals surface area contributed by atoms with Gasteiger partial charge in [0.2, 0.25) is 0 Å². The molecule has 4 rings (SSSR count). The maximum absolute atomic E-state index is 12.7. The smallest absolute Gasteiger partial charge is 0.366 e. The second-order valence-corrected chi connectivity index (χ2v) is 8.34. The zero-order valence-electron chi connectivity index (χ0n) is 21.6. The lowest BCUT2D eigenvalue weighted by atomic mass is 10.1. The average molecular weight is 514 g/mol. The molecular weight excluding hydrogens is 478 g/mol. The summed E-state index contributed by atoms with van der Waals surface area (Å²) >= 11 is 0. The minimum absolute atomic E-state index is 0.0957. The molecule has 1 fully saturated rings. The third-order valence-corrected chi connectivity index (χ3v) is 5.44. The Balaban J connectivity index is 0.000000307. The molecule has 4 heterocycles. The minimum atomic E-state index is -3.67. The van der Waals surface area contributed by atoms with Gasteiger partial charge in [-0.25, -0.2) is 9.37 Å². The number of rotatable bonds is 3. The van der Waals surface area contributed by atoms with Crippen LogP contribution in [-0.4, -0.2) is 61.6 Å². The largest absolute Gasteiger partial charge is 0.379 e. The second-order valence-electron chi connectivity index (χ2n) is 8.34. The summed E-state index contributed by atoms with van der Waals surface area (Å²) in [6, 6.07) is 7.57. The summed E-state index contributed by atoms with van der Waals surface area (Å²) in [6.45, 7) is 8.24. The molecule has 2 aliphatic heterocycles. The Hall–Kier alpha value is -3.24. The Morgan fingerprint density at radius 2 is 1.81 bits per heavy atom. The van der Waals surface area contributed by atoms with E-state index in [9.17, 15) is 22.4 Å². The Labute approximate surface area is 209 Å². The number of carbonyl (C=O) groups excluding carboxylic acids is 2. The first-order chi connectivity index (χ1) is 17.0. The molecule has 2 aliphatic rings. The van der Waals surface area contributed by atoms with Gasteiger partial charge in [-0.1, -0.05) is 13.8 Å². The summed E-state index contributed by atoms with van der Waals surface area (Å²) in [6.07, 6.45) is 1.92. The molecule has 2 aromatic rings. The number of nitrogens with zero attached hydrogens (tertiary/aromatic N) is 4. The fourth-order valence-electron chi connectivity index (χ4n) is 3.66. The van der Waals surface area contributed by atoms with Crippen molar-refractivity contribution in [3.8, 4) is 0 Å². The normalized spacial score (nSPS) is 15.1. The highest BCUT2D eigenvalue weighted by Crippen LogP contribution is 2.37. The van der Waals surface area contributed by atoms with E-state index in [1.165, 1.54) is 19.4 Å². The van der Waals surface area contributed by atoms with Crippen LogP contribution in [0.4, 0.5) is 29.1 Å². The predicted molar refractivity (Wildman–Crippen MR) is 133 cm³/mol. The molecule has 0 aromatic carbocycles. The van der Waals surface area contributed by atoms with Gasteiger partial charge < -0.3 is 19.9 Å². The van der Waals surface area contributed by atoms with Crippen molar-refractivity contribution in [3.63, 3.8) is 0 Å². The predicted octanol–water partition coefficient (Wildman–Crippen LogP) is 4.90. The molecule has 1 N–H and O–H groups in total. The van der Waals surface area contributed by atoms with Crippen LogP contribution < -0.4 is 15.1 Å². The highest BCUT2D eigenvalue weighted by Gasteiger charge is 2.35. The Morgan fingerprint density at radius 1 is 1.19 bits per heavy atom. The molecule has 0 radical (unpaired) electrons. The van der Waals surface area contributed by atoms with Gasteiger partial charge in [0.1, 0.15) is 17.8 Å². The second kappa shape index (κ2) is 15.0. The van der Waals surface area contributed by atoms with Crippen LogP contribution >= 0.6 is 0 Å². The number of aryl methyl sites for hydroxylation is 1. The van der Waals surface area contributed by atoms with Crippen LogP contribution in [-0.2, 0) is 4.79 Å². The van der Waals surface area contributed by atoms with Crippen LogP contribution in [0.15, 0.2) is 24.3 Å². The van der Waals surface area contributed by atoms with E-state index >= 15 is 0 Å². The zero-order valence-corrected chi connectivity index (χ0v) is 21.6. The van der Waals surface area contributed by atoms with Crippen LogP contribution in [0.5, 0.6) is 0 Å². The molecule has 36 heavy (non-hydrogen) atoms. The maximum atomic E-state index is 12.7. The van der Waals surface area contributed by atoms with Crippen LogP contribution in [0, 0.1) is 12.7 Å². The number of fused-ring (bicyclic) bond motifs is 4. The summed E-state index contributed by atoms with van der Waals surface area (Å²) in [4.78, 5) is 33.8. The summed E-state index contributed by atoms with van der Waals surface area (Å²) in [7, 11) is 2.07. The Kier molecular flexibility index (Phi) is 12.8. The first-order valence-electron chi connectivity index (χ1n) is 11.7. The average Bonchev–Trinajstić information content (AvgIpc) is 3.26. The molecule has 1 amide bonds. The monoisotopic (exact) mass is 513 g/mol. The number of amides is 1. The van der Waals surface area contributed by atoms with Gasteiger partial charge in [-0.2, -0.15) is 13.2 Å². The van der Waals surface area contributed by atoms with Gasteiger partial charge in [0.25, 0.3) is 5.91 Å². The van der Waals surface area contributed by atoms with E-state index in [0.29, 0.717) is 29.9 Å². The molecule has 7 nitrogen and oxygen atoms in total. The summed E-state index contributed by atoms with van der Waals surface area (Å²) in [5.74, 6) is 0.984. The van der Waals surface area contributed by atoms with Crippen LogP contribution in [0.1, 0.15) is 61.9 Å². The fourth-order valence-corrected chi connectivity index (χ4v) is 3.66. The molecule has 11 heteroatoms. The summed E-state index contributed by atoms with van der Waals surface area (Å²) < 4.78 is 41.7. The van der Waals surface area contributed by atoms with Crippen molar-refractivity contribution in [3.05, 3.63) is 47.2 Å². The molecule has 1 unspecified atom stereocenters.